The highest BCUT2D eigenvalue weighted by molar-refractivity contribution is 5.95. The van der Waals surface area contributed by atoms with E-state index in [0.717, 1.165) is 22.6 Å². The van der Waals surface area contributed by atoms with Gasteiger partial charge in [-0.2, -0.15) is 5.10 Å². The standard InChI is InChI=1S/C25H27N3O5/c1-27-15-18-22(26-27)17-7-5-6-8-19(17)33-25(18)9-11-28(12-10-25)24(29)16-13-20(30-2)23(32-4)21(14-16)31-3/h5-8,13-15H,9-12H2,1-4H3. The molecule has 1 spiro atoms. The van der Waals surface area contributed by atoms with Crippen LogP contribution in [0.1, 0.15) is 28.8 Å². The second-order valence-corrected chi connectivity index (χ2v) is 8.36. The van der Waals surface area contributed by atoms with Gasteiger partial charge in [-0.25, -0.2) is 0 Å². The maximum atomic E-state index is 13.4. The van der Waals surface area contributed by atoms with Crippen LogP contribution in [0, 0.1) is 0 Å². The van der Waals surface area contributed by atoms with Crippen molar-refractivity contribution in [3.05, 3.63) is 53.7 Å². The first kappa shape index (κ1) is 21.2. The summed E-state index contributed by atoms with van der Waals surface area (Å²) in [5.74, 6) is 2.15. The van der Waals surface area contributed by atoms with E-state index in [0.29, 0.717) is 48.7 Å². The second kappa shape index (κ2) is 8.03. The summed E-state index contributed by atoms with van der Waals surface area (Å²) in [4.78, 5) is 15.2. The van der Waals surface area contributed by atoms with Crippen LogP contribution in [-0.4, -0.2) is 55.0 Å². The quantitative estimate of drug-likeness (QED) is 0.606. The van der Waals surface area contributed by atoms with Crippen LogP contribution in [0.5, 0.6) is 23.0 Å². The van der Waals surface area contributed by atoms with Crippen LogP contribution in [0.15, 0.2) is 42.6 Å². The summed E-state index contributed by atoms with van der Waals surface area (Å²) in [5.41, 5.74) is 3.06. The van der Waals surface area contributed by atoms with Crippen LogP contribution in [0.4, 0.5) is 0 Å². The highest BCUT2D eigenvalue weighted by Crippen LogP contribution is 2.49. The Bertz CT molecular complexity index is 1190. The Morgan fingerprint density at radius 2 is 1.70 bits per heavy atom. The molecule has 0 unspecified atom stereocenters. The first-order valence-electron chi connectivity index (χ1n) is 10.9. The molecular weight excluding hydrogens is 422 g/mol. The van der Waals surface area contributed by atoms with Gasteiger partial charge >= 0.3 is 0 Å². The fourth-order valence-corrected chi connectivity index (χ4v) is 4.87. The molecule has 8 nitrogen and oxygen atoms in total. The van der Waals surface area contributed by atoms with E-state index in [1.807, 2.05) is 47.1 Å². The smallest absolute Gasteiger partial charge is 0.254 e. The number of piperidine rings is 1. The molecule has 3 heterocycles. The predicted octanol–water partition coefficient (Wildman–Crippen LogP) is 3.64. The first-order chi connectivity index (χ1) is 16.0. The lowest BCUT2D eigenvalue weighted by Gasteiger charge is -2.44. The summed E-state index contributed by atoms with van der Waals surface area (Å²) < 4.78 is 24.6. The van der Waals surface area contributed by atoms with Gasteiger partial charge in [0.15, 0.2) is 11.5 Å². The summed E-state index contributed by atoms with van der Waals surface area (Å²) in [6, 6.07) is 11.4. The Labute approximate surface area is 192 Å². The number of ether oxygens (including phenoxy) is 4. The maximum Gasteiger partial charge on any atom is 0.254 e. The van der Waals surface area contributed by atoms with E-state index in [4.69, 9.17) is 24.0 Å². The third-order valence-corrected chi connectivity index (χ3v) is 6.54. The molecule has 0 radical (unpaired) electrons. The summed E-state index contributed by atoms with van der Waals surface area (Å²) in [7, 11) is 6.55. The van der Waals surface area contributed by atoms with E-state index < -0.39 is 5.60 Å². The Morgan fingerprint density at radius 1 is 1.03 bits per heavy atom. The number of amides is 1. The Morgan fingerprint density at radius 3 is 2.33 bits per heavy atom. The van der Waals surface area contributed by atoms with Crippen molar-refractivity contribution in [2.24, 2.45) is 7.05 Å². The molecule has 8 heteroatoms. The summed E-state index contributed by atoms with van der Waals surface area (Å²) in [6.07, 6.45) is 3.40. The topological polar surface area (TPSA) is 75.0 Å². The minimum Gasteiger partial charge on any atom is -0.493 e. The molecule has 5 rings (SSSR count). The molecule has 0 bridgehead atoms. The zero-order valence-electron chi connectivity index (χ0n) is 19.3. The van der Waals surface area contributed by atoms with E-state index in [1.165, 1.54) is 0 Å². The zero-order valence-corrected chi connectivity index (χ0v) is 19.3. The normalized spacial score (nSPS) is 15.9. The van der Waals surface area contributed by atoms with Gasteiger partial charge in [0, 0.05) is 55.9 Å². The molecule has 1 fully saturated rings. The van der Waals surface area contributed by atoms with Crippen LogP contribution >= 0.6 is 0 Å². The molecule has 2 aliphatic rings. The molecular formula is C25H27N3O5. The number of benzene rings is 2. The number of likely N-dealkylation sites (tertiary alicyclic amines) is 1. The number of nitrogens with zero attached hydrogens (tertiary/aromatic N) is 3. The van der Waals surface area contributed by atoms with Gasteiger partial charge in [0.05, 0.1) is 21.3 Å². The van der Waals surface area contributed by atoms with Gasteiger partial charge in [0.25, 0.3) is 5.91 Å². The summed E-state index contributed by atoms with van der Waals surface area (Å²) in [6.45, 7) is 1.12. The van der Waals surface area contributed by atoms with Crippen molar-refractivity contribution in [1.82, 2.24) is 14.7 Å². The average molecular weight is 450 g/mol. The SMILES string of the molecule is COc1cc(C(=O)N2CCC3(CC2)Oc2ccccc2-c2nn(C)cc23)cc(OC)c1OC. The van der Waals surface area contributed by atoms with Crippen LogP contribution in [-0.2, 0) is 12.6 Å². The molecule has 1 aromatic heterocycles. The average Bonchev–Trinajstić information content (AvgIpc) is 3.26. The number of para-hydroxylation sites is 1. The molecule has 2 aliphatic heterocycles. The number of fused-ring (bicyclic) bond motifs is 4. The largest absolute Gasteiger partial charge is 0.493 e. The van der Waals surface area contributed by atoms with E-state index in [2.05, 4.69) is 0 Å². The lowest BCUT2D eigenvalue weighted by molar-refractivity contribution is -0.00168. The summed E-state index contributed by atoms with van der Waals surface area (Å²) >= 11 is 0. The van der Waals surface area contributed by atoms with Crippen LogP contribution in [0.25, 0.3) is 11.3 Å². The highest BCUT2D eigenvalue weighted by Gasteiger charge is 2.45. The van der Waals surface area contributed by atoms with Gasteiger partial charge in [-0.1, -0.05) is 12.1 Å². The number of rotatable bonds is 4. The zero-order chi connectivity index (χ0) is 23.2. The molecule has 1 amide bonds. The van der Waals surface area contributed by atoms with Gasteiger partial charge in [-0.3, -0.25) is 9.48 Å². The molecule has 2 aromatic carbocycles. The number of carbonyl (C=O) groups excluding carboxylic acids is 1. The molecule has 0 N–H and O–H groups in total. The Kier molecular flexibility index (Phi) is 5.15. The molecule has 3 aromatic rings. The van der Waals surface area contributed by atoms with E-state index in [9.17, 15) is 4.79 Å². The lowest BCUT2D eigenvalue weighted by atomic mass is 9.81. The maximum absolute atomic E-state index is 13.4. The van der Waals surface area contributed by atoms with Crippen molar-refractivity contribution in [1.29, 1.82) is 0 Å². The highest BCUT2D eigenvalue weighted by atomic mass is 16.5. The number of hydrogen-bond acceptors (Lipinski definition) is 6. The molecule has 33 heavy (non-hydrogen) atoms. The minimum absolute atomic E-state index is 0.0771. The molecule has 1 saturated heterocycles. The van der Waals surface area contributed by atoms with Crippen molar-refractivity contribution in [2.45, 2.75) is 18.4 Å². The Hall–Kier alpha value is -3.68. The number of aryl methyl sites for hydroxylation is 1. The summed E-state index contributed by atoms with van der Waals surface area (Å²) in [5, 5.41) is 4.71. The number of aromatic nitrogens is 2. The first-order valence-corrected chi connectivity index (χ1v) is 10.9. The fourth-order valence-electron chi connectivity index (χ4n) is 4.87. The van der Waals surface area contributed by atoms with Gasteiger partial charge in [-0.05, 0) is 24.3 Å². The Balaban J connectivity index is 1.41. The van der Waals surface area contributed by atoms with E-state index in [-0.39, 0.29) is 5.91 Å². The van der Waals surface area contributed by atoms with Gasteiger partial charge in [0.1, 0.15) is 17.0 Å². The van der Waals surface area contributed by atoms with E-state index in [1.54, 1.807) is 33.5 Å². The molecule has 172 valence electrons. The fraction of sp³-hybridized carbons (Fsp3) is 0.360. The van der Waals surface area contributed by atoms with Crippen LogP contribution < -0.4 is 18.9 Å². The van der Waals surface area contributed by atoms with Crippen molar-refractivity contribution < 1.29 is 23.7 Å². The number of carbonyl (C=O) groups is 1. The third kappa shape index (κ3) is 3.37. The van der Waals surface area contributed by atoms with Gasteiger partial charge in [0.2, 0.25) is 5.75 Å². The van der Waals surface area contributed by atoms with Crippen molar-refractivity contribution in [3.63, 3.8) is 0 Å². The number of methoxy groups -OCH3 is 3. The number of hydrogen-bond donors (Lipinski definition) is 0. The van der Waals surface area contributed by atoms with Crippen LogP contribution in [0.2, 0.25) is 0 Å². The van der Waals surface area contributed by atoms with Crippen molar-refractivity contribution in [3.8, 4) is 34.3 Å². The monoisotopic (exact) mass is 449 g/mol. The lowest BCUT2D eigenvalue weighted by Crippen LogP contribution is -2.49. The van der Waals surface area contributed by atoms with Gasteiger partial charge in [-0.15, -0.1) is 0 Å². The molecule has 0 saturated carbocycles. The van der Waals surface area contributed by atoms with Crippen molar-refractivity contribution in [2.75, 3.05) is 34.4 Å². The van der Waals surface area contributed by atoms with E-state index >= 15 is 0 Å². The van der Waals surface area contributed by atoms with Crippen LogP contribution in [0.3, 0.4) is 0 Å². The van der Waals surface area contributed by atoms with Gasteiger partial charge < -0.3 is 23.8 Å². The minimum atomic E-state index is -0.496. The molecule has 0 aliphatic carbocycles. The second-order valence-electron chi connectivity index (χ2n) is 8.36. The molecule has 0 atom stereocenters. The third-order valence-electron chi connectivity index (χ3n) is 6.54. The van der Waals surface area contributed by atoms with Crippen molar-refractivity contribution >= 4 is 5.91 Å². The predicted molar refractivity (Wildman–Crippen MR) is 122 cm³/mol.